The summed E-state index contributed by atoms with van der Waals surface area (Å²) in [5, 5.41) is 8.33. The molecule has 2 aromatic heterocycles. The highest BCUT2D eigenvalue weighted by atomic mass is 32.1. The van der Waals surface area contributed by atoms with Crippen LogP contribution in [0.2, 0.25) is 0 Å². The molecule has 2 heterocycles. The monoisotopic (exact) mass is 495 g/mol. The third kappa shape index (κ3) is 5.18. The summed E-state index contributed by atoms with van der Waals surface area (Å²) < 4.78 is 3.64. The van der Waals surface area contributed by atoms with E-state index in [0.717, 1.165) is 22.4 Å². The van der Waals surface area contributed by atoms with Crippen LogP contribution in [0.15, 0.2) is 95.9 Å². The van der Waals surface area contributed by atoms with Gasteiger partial charge in [0.15, 0.2) is 4.77 Å². The lowest BCUT2D eigenvalue weighted by Gasteiger charge is -2.09. The van der Waals surface area contributed by atoms with Crippen LogP contribution in [0.5, 0.6) is 0 Å². The highest BCUT2D eigenvalue weighted by molar-refractivity contribution is 7.71. The third-order valence-electron chi connectivity index (χ3n) is 6.00. The van der Waals surface area contributed by atoms with Gasteiger partial charge in [-0.25, -0.2) is 0 Å². The molecule has 3 aromatic carbocycles. The number of H-pyrrole nitrogens is 1. The van der Waals surface area contributed by atoms with E-state index in [9.17, 15) is 9.59 Å². The van der Waals surface area contributed by atoms with Crippen molar-refractivity contribution in [2.45, 2.75) is 26.1 Å². The van der Waals surface area contributed by atoms with E-state index < -0.39 is 0 Å². The minimum atomic E-state index is -0.198. The van der Waals surface area contributed by atoms with Crippen molar-refractivity contribution in [3.05, 3.63) is 117 Å². The SMILES string of the molecule is O=C(CCn1c(=S)[nH]c2ccccc2c1=O)NCc1cn(Cc2ccccc2)nc1-c1ccccc1. The van der Waals surface area contributed by atoms with Gasteiger partial charge in [0.2, 0.25) is 5.91 Å². The molecule has 0 saturated carbocycles. The number of fused-ring (bicyclic) bond motifs is 1. The summed E-state index contributed by atoms with van der Waals surface area (Å²) >= 11 is 5.35. The quantitative estimate of drug-likeness (QED) is 0.306. The van der Waals surface area contributed by atoms with Crippen LogP contribution in [-0.2, 0) is 24.4 Å². The van der Waals surface area contributed by atoms with Gasteiger partial charge >= 0.3 is 0 Å². The van der Waals surface area contributed by atoms with Crippen molar-refractivity contribution in [2.75, 3.05) is 0 Å². The first kappa shape index (κ1) is 23.4. The van der Waals surface area contributed by atoms with E-state index in [1.54, 1.807) is 12.1 Å². The number of hydrogen-bond donors (Lipinski definition) is 2. The second kappa shape index (κ2) is 10.5. The van der Waals surface area contributed by atoms with E-state index in [0.29, 0.717) is 28.8 Å². The molecule has 0 aliphatic carbocycles. The average Bonchev–Trinajstić information content (AvgIpc) is 3.31. The zero-order valence-electron chi connectivity index (χ0n) is 19.6. The van der Waals surface area contributed by atoms with Crippen molar-refractivity contribution < 1.29 is 4.79 Å². The normalized spacial score (nSPS) is 11.0. The summed E-state index contributed by atoms with van der Waals surface area (Å²) in [6, 6.07) is 27.2. The number of aromatic amines is 1. The maximum atomic E-state index is 12.8. The maximum Gasteiger partial charge on any atom is 0.262 e. The molecule has 36 heavy (non-hydrogen) atoms. The van der Waals surface area contributed by atoms with Gasteiger partial charge < -0.3 is 10.3 Å². The second-order valence-electron chi connectivity index (χ2n) is 8.51. The number of benzene rings is 3. The molecule has 0 aliphatic rings. The van der Waals surface area contributed by atoms with Crippen LogP contribution in [0.4, 0.5) is 0 Å². The smallest absolute Gasteiger partial charge is 0.262 e. The number of carbonyl (C=O) groups is 1. The molecule has 0 saturated heterocycles. The topological polar surface area (TPSA) is 84.7 Å². The molecule has 5 rings (SSSR count). The maximum absolute atomic E-state index is 12.8. The number of carbonyl (C=O) groups excluding carboxylic acids is 1. The molecule has 5 aromatic rings. The number of rotatable bonds is 8. The molecule has 0 spiro atoms. The first-order valence-electron chi connectivity index (χ1n) is 11.7. The summed E-state index contributed by atoms with van der Waals surface area (Å²) in [7, 11) is 0. The van der Waals surface area contributed by atoms with Crippen LogP contribution in [0.25, 0.3) is 22.2 Å². The third-order valence-corrected chi connectivity index (χ3v) is 6.32. The Morgan fingerprint density at radius 3 is 2.42 bits per heavy atom. The minimum Gasteiger partial charge on any atom is -0.352 e. The lowest BCUT2D eigenvalue weighted by Crippen LogP contribution is -2.28. The number of hydrogen-bond acceptors (Lipinski definition) is 4. The minimum absolute atomic E-state index is 0.133. The highest BCUT2D eigenvalue weighted by Gasteiger charge is 2.13. The van der Waals surface area contributed by atoms with Crippen molar-refractivity contribution >= 4 is 29.0 Å². The van der Waals surface area contributed by atoms with Crippen molar-refractivity contribution in [3.8, 4) is 11.3 Å². The summed E-state index contributed by atoms with van der Waals surface area (Å²) in [4.78, 5) is 28.6. The van der Waals surface area contributed by atoms with Gasteiger partial charge in [0.25, 0.3) is 5.56 Å². The largest absolute Gasteiger partial charge is 0.352 e. The van der Waals surface area contributed by atoms with Crippen LogP contribution >= 0.6 is 12.2 Å². The van der Waals surface area contributed by atoms with Crippen LogP contribution < -0.4 is 10.9 Å². The molecule has 180 valence electrons. The molecule has 7 nitrogen and oxygen atoms in total. The van der Waals surface area contributed by atoms with E-state index >= 15 is 0 Å². The molecular weight excluding hydrogens is 470 g/mol. The van der Waals surface area contributed by atoms with Crippen LogP contribution in [-0.4, -0.2) is 25.2 Å². The Morgan fingerprint density at radius 1 is 0.944 bits per heavy atom. The number of nitrogens with zero attached hydrogens (tertiary/aromatic N) is 3. The first-order valence-corrected chi connectivity index (χ1v) is 12.1. The molecule has 0 atom stereocenters. The Bertz CT molecular complexity index is 1620. The highest BCUT2D eigenvalue weighted by Crippen LogP contribution is 2.22. The Balaban J connectivity index is 1.30. The van der Waals surface area contributed by atoms with Crippen LogP contribution in [0.1, 0.15) is 17.5 Å². The Kier molecular flexibility index (Phi) is 6.86. The zero-order valence-corrected chi connectivity index (χ0v) is 20.4. The zero-order chi connectivity index (χ0) is 24.9. The summed E-state index contributed by atoms with van der Waals surface area (Å²) in [6.07, 6.45) is 2.11. The number of nitrogens with one attached hydrogen (secondary N) is 2. The molecule has 0 unspecified atom stereocenters. The van der Waals surface area contributed by atoms with Gasteiger partial charge in [-0.1, -0.05) is 72.8 Å². The van der Waals surface area contributed by atoms with E-state index in [1.807, 2.05) is 71.5 Å². The Hall–Kier alpha value is -4.30. The van der Waals surface area contributed by atoms with Crippen molar-refractivity contribution in [3.63, 3.8) is 0 Å². The average molecular weight is 496 g/mol. The summed E-state index contributed by atoms with van der Waals surface area (Å²) in [5.74, 6) is -0.167. The number of aromatic nitrogens is 4. The molecule has 2 N–H and O–H groups in total. The van der Waals surface area contributed by atoms with Gasteiger partial charge in [-0.15, -0.1) is 0 Å². The van der Waals surface area contributed by atoms with Crippen molar-refractivity contribution in [2.24, 2.45) is 0 Å². The fraction of sp³-hybridized carbons (Fsp3) is 0.143. The van der Waals surface area contributed by atoms with Crippen molar-refractivity contribution in [1.29, 1.82) is 0 Å². The number of para-hydroxylation sites is 1. The fourth-order valence-corrected chi connectivity index (χ4v) is 4.46. The molecule has 0 fully saturated rings. The Labute approximate surface area is 213 Å². The fourth-order valence-electron chi connectivity index (χ4n) is 4.18. The molecule has 0 radical (unpaired) electrons. The Morgan fingerprint density at radius 2 is 1.64 bits per heavy atom. The lowest BCUT2D eigenvalue weighted by atomic mass is 10.1. The second-order valence-corrected chi connectivity index (χ2v) is 8.90. The molecular formula is C28H25N5O2S. The predicted octanol–water partition coefficient (Wildman–Crippen LogP) is 4.68. The predicted molar refractivity (Wildman–Crippen MR) is 143 cm³/mol. The van der Waals surface area contributed by atoms with Crippen LogP contribution in [0, 0.1) is 4.77 Å². The van der Waals surface area contributed by atoms with Gasteiger partial charge in [-0.05, 0) is 29.9 Å². The summed E-state index contributed by atoms with van der Waals surface area (Å²) in [5.41, 5.74) is 4.38. The van der Waals surface area contributed by atoms with E-state index in [-0.39, 0.29) is 24.4 Å². The molecule has 1 amide bonds. The van der Waals surface area contributed by atoms with E-state index in [2.05, 4.69) is 22.4 Å². The van der Waals surface area contributed by atoms with Gasteiger partial charge in [-0.3, -0.25) is 18.8 Å². The number of amides is 1. The van der Waals surface area contributed by atoms with Crippen molar-refractivity contribution in [1.82, 2.24) is 24.6 Å². The molecule has 8 heteroatoms. The van der Waals surface area contributed by atoms with Gasteiger partial charge in [-0.2, -0.15) is 5.10 Å². The first-order chi connectivity index (χ1) is 17.6. The van der Waals surface area contributed by atoms with Crippen LogP contribution in [0.3, 0.4) is 0 Å². The lowest BCUT2D eigenvalue weighted by molar-refractivity contribution is -0.121. The van der Waals surface area contributed by atoms with E-state index in [1.165, 1.54) is 4.57 Å². The molecule has 0 bridgehead atoms. The standard InChI is InChI=1S/C28H25N5O2S/c34-25(15-16-33-27(35)23-13-7-8-14-24(23)30-28(33)36)29-17-22-19-32(18-20-9-3-1-4-10-20)31-26(22)21-11-5-2-6-12-21/h1-14,19H,15-18H2,(H,29,34)(H,30,36). The molecule has 0 aliphatic heterocycles. The summed E-state index contributed by atoms with van der Waals surface area (Å²) in [6.45, 7) is 1.17. The van der Waals surface area contributed by atoms with Gasteiger partial charge in [0.1, 0.15) is 0 Å². The van der Waals surface area contributed by atoms with E-state index in [4.69, 9.17) is 17.3 Å². The van der Waals surface area contributed by atoms with Gasteiger partial charge in [0.05, 0.1) is 23.1 Å². The van der Waals surface area contributed by atoms with Gasteiger partial charge in [0, 0.05) is 36.8 Å².